The lowest BCUT2D eigenvalue weighted by Gasteiger charge is -2.56. The molecule has 0 saturated heterocycles. The molecule has 0 radical (unpaired) electrons. The van der Waals surface area contributed by atoms with Gasteiger partial charge in [-0.3, -0.25) is 19.5 Å². The van der Waals surface area contributed by atoms with Gasteiger partial charge in [0.1, 0.15) is 5.78 Å². The van der Waals surface area contributed by atoms with Crippen molar-refractivity contribution in [2.45, 2.75) is 105 Å². The second-order valence-electron chi connectivity index (χ2n) is 16.2. The first-order chi connectivity index (χ1) is 20.3. The largest absolute Gasteiger partial charge is 0.299 e. The Bertz CT molecular complexity index is 1420. The van der Waals surface area contributed by atoms with E-state index < -0.39 is 0 Å². The molecule has 3 fully saturated rings. The molecule has 2 aromatic rings. The summed E-state index contributed by atoms with van der Waals surface area (Å²) in [6, 6.07) is 17.2. The van der Waals surface area contributed by atoms with E-state index in [9.17, 15) is 4.79 Å². The van der Waals surface area contributed by atoms with Crippen molar-refractivity contribution in [3.8, 4) is 0 Å². The van der Waals surface area contributed by atoms with Gasteiger partial charge in [-0.15, -0.1) is 0 Å². The molecule has 0 N–H and O–H groups in total. The smallest absolute Gasteiger partial charge is 0.235 e. The van der Waals surface area contributed by atoms with Crippen LogP contribution in [0.4, 0.5) is 11.4 Å². The Morgan fingerprint density at radius 1 is 1.00 bits per heavy atom. The molecule has 0 bridgehead atoms. The van der Waals surface area contributed by atoms with E-state index in [0.29, 0.717) is 42.3 Å². The minimum atomic E-state index is -0.103. The Hall–Kier alpha value is -2.75. The zero-order valence-corrected chi connectivity index (χ0v) is 27.6. The highest BCUT2D eigenvalue weighted by molar-refractivity contribution is 6.07. The van der Waals surface area contributed by atoms with Crippen LogP contribution in [0.2, 0.25) is 0 Å². The van der Waals surface area contributed by atoms with E-state index in [4.69, 9.17) is 4.99 Å². The Balaban J connectivity index is 1.38. The minimum absolute atomic E-state index is 0.0219. The second kappa shape index (κ2) is 11.0. The average Bonchev–Trinajstić information content (AvgIpc) is 3.30. The first kappa shape index (κ1) is 30.3. The van der Waals surface area contributed by atoms with Crippen molar-refractivity contribution in [1.29, 1.82) is 0 Å². The summed E-state index contributed by atoms with van der Waals surface area (Å²) < 4.78 is 0. The van der Waals surface area contributed by atoms with Crippen LogP contribution in [0.25, 0.3) is 0 Å². The van der Waals surface area contributed by atoms with Crippen LogP contribution in [0.15, 0.2) is 53.5 Å². The summed E-state index contributed by atoms with van der Waals surface area (Å²) in [5, 5.41) is 0. The van der Waals surface area contributed by atoms with Crippen molar-refractivity contribution in [2.75, 3.05) is 11.4 Å². The SMILES string of the molecule is CC(C)Cc1ccc(C(C)(C)C)c(N(C(=O)C2CC[C@H]3[C@@H]4CN=C5CC(=O)CC[C@]5(C)[C@@H]4CC[C@]23C)c2ccccc2)c1. The number of Topliss-reactive ketones (excluding diaryl/α,β-unsaturated/α-hetero) is 1. The summed E-state index contributed by atoms with van der Waals surface area (Å²) >= 11 is 0. The third kappa shape index (κ3) is 5.21. The Morgan fingerprint density at radius 2 is 1.74 bits per heavy atom. The van der Waals surface area contributed by atoms with Crippen LogP contribution in [0.1, 0.15) is 105 Å². The molecule has 4 aliphatic rings. The van der Waals surface area contributed by atoms with Gasteiger partial charge in [0.05, 0.1) is 5.69 Å². The van der Waals surface area contributed by atoms with Gasteiger partial charge in [0.2, 0.25) is 5.91 Å². The van der Waals surface area contributed by atoms with Gasteiger partial charge >= 0.3 is 0 Å². The minimum Gasteiger partial charge on any atom is -0.299 e. The van der Waals surface area contributed by atoms with Crippen molar-refractivity contribution < 1.29 is 9.59 Å². The molecule has 43 heavy (non-hydrogen) atoms. The molecular weight excluding hydrogens is 528 g/mol. The number of fused-ring (bicyclic) bond motifs is 5. The monoisotopic (exact) mass is 580 g/mol. The fourth-order valence-corrected chi connectivity index (χ4v) is 9.72. The maximum atomic E-state index is 15.2. The van der Waals surface area contributed by atoms with Crippen LogP contribution in [0.3, 0.4) is 0 Å². The van der Waals surface area contributed by atoms with Crippen LogP contribution < -0.4 is 4.90 Å². The number of ketones is 1. The topological polar surface area (TPSA) is 49.7 Å². The number of amides is 1. The molecule has 4 heteroatoms. The molecule has 1 aliphatic heterocycles. The van der Waals surface area contributed by atoms with E-state index in [1.54, 1.807) is 0 Å². The number of hydrogen-bond donors (Lipinski definition) is 0. The van der Waals surface area contributed by atoms with Gasteiger partial charge in [-0.25, -0.2) is 0 Å². The highest BCUT2D eigenvalue weighted by Gasteiger charge is 2.61. The summed E-state index contributed by atoms with van der Waals surface area (Å²) in [7, 11) is 0. The van der Waals surface area contributed by atoms with Gasteiger partial charge in [-0.2, -0.15) is 0 Å². The average molecular weight is 581 g/mol. The maximum Gasteiger partial charge on any atom is 0.235 e. The predicted molar refractivity (Wildman–Crippen MR) is 177 cm³/mol. The fourth-order valence-electron chi connectivity index (χ4n) is 9.72. The van der Waals surface area contributed by atoms with Crippen LogP contribution in [0.5, 0.6) is 0 Å². The number of carbonyl (C=O) groups is 2. The lowest BCUT2D eigenvalue weighted by atomic mass is 9.49. The van der Waals surface area contributed by atoms with E-state index in [2.05, 4.69) is 95.8 Å². The Morgan fingerprint density at radius 3 is 2.44 bits per heavy atom. The number of carbonyl (C=O) groups excluding carboxylic acids is 2. The number of benzene rings is 2. The Labute approximate surface area is 259 Å². The fraction of sp³-hybridized carbons (Fsp3) is 0.615. The molecule has 230 valence electrons. The number of para-hydroxylation sites is 1. The molecular formula is C39H52N2O2. The van der Waals surface area contributed by atoms with Gasteiger partial charge in [-0.1, -0.05) is 78.8 Å². The molecule has 6 rings (SSSR count). The van der Waals surface area contributed by atoms with Gasteiger partial charge in [-0.05, 0) is 102 Å². The van der Waals surface area contributed by atoms with Crippen LogP contribution in [-0.2, 0) is 21.4 Å². The van der Waals surface area contributed by atoms with E-state index in [1.165, 1.54) is 16.8 Å². The van der Waals surface area contributed by atoms with Crippen molar-refractivity contribution in [1.82, 2.24) is 0 Å². The lowest BCUT2D eigenvalue weighted by molar-refractivity contribution is -0.128. The van der Waals surface area contributed by atoms with Gasteiger partial charge in [0.25, 0.3) is 0 Å². The zero-order chi connectivity index (χ0) is 30.7. The second-order valence-corrected chi connectivity index (χ2v) is 16.2. The summed E-state index contributed by atoms with van der Waals surface area (Å²) in [6.07, 6.45) is 7.43. The van der Waals surface area contributed by atoms with E-state index in [1.807, 2.05) is 6.07 Å². The van der Waals surface area contributed by atoms with Gasteiger partial charge < -0.3 is 0 Å². The predicted octanol–water partition coefficient (Wildman–Crippen LogP) is 9.12. The third-order valence-electron chi connectivity index (χ3n) is 12.0. The highest BCUT2D eigenvalue weighted by atomic mass is 16.2. The number of nitrogens with zero attached hydrogens (tertiary/aromatic N) is 2. The molecule has 0 spiro atoms. The van der Waals surface area contributed by atoms with Crippen molar-refractivity contribution >= 4 is 28.8 Å². The number of hydrogen-bond acceptors (Lipinski definition) is 3. The standard InChI is InChI=1S/C39H52N2O2/c1-25(2)21-26-13-14-32(37(3,4)5)34(22-26)41(27-11-9-8-10-12-27)36(43)33-16-15-30-29-24-40-35-23-28(42)17-19-39(35,7)31(29)18-20-38(30,33)6/h8-14,22,25,29-31,33H,15-21,23-24H2,1-7H3/t29-,30-,31+,33?,38-,39+/m0/s1. The quantitative estimate of drug-likeness (QED) is 0.354. The molecule has 4 nitrogen and oxygen atoms in total. The zero-order valence-electron chi connectivity index (χ0n) is 27.6. The van der Waals surface area contributed by atoms with E-state index in [0.717, 1.165) is 56.4 Å². The Kier molecular flexibility index (Phi) is 7.75. The van der Waals surface area contributed by atoms with Crippen molar-refractivity contribution in [3.05, 3.63) is 59.7 Å². The molecule has 3 aliphatic carbocycles. The summed E-state index contributed by atoms with van der Waals surface area (Å²) in [5.74, 6) is 2.71. The number of rotatable bonds is 5. The van der Waals surface area contributed by atoms with Crippen molar-refractivity contribution in [2.24, 2.45) is 45.4 Å². The first-order valence-corrected chi connectivity index (χ1v) is 16.9. The molecule has 6 atom stereocenters. The third-order valence-corrected chi connectivity index (χ3v) is 12.0. The summed E-state index contributed by atoms with van der Waals surface area (Å²) in [5.41, 5.74) is 5.59. The molecule has 0 aromatic heterocycles. The number of aliphatic imine (C=N–C) groups is 1. The lowest BCUT2D eigenvalue weighted by Crippen LogP contribution is -2.55. The van der Waals surface area contributed by atoms with Crippen molar-refractivity contribution in [3.63, 3.8) is 0 Å². The highest BCUT2D eigenvalue weighted by Crippen LogP contribution is 2.64. The molecule has 3 saturated carbocycles. The molecule has 2 aromatic carbocycles. The first-order valence-electron chi connectivity index (χ1n) is 16.9. The molecule has 1 heterocycles. The van der Waals surface area contributed by atoms with Crippen LogP contribution in [-0.4, -0.2) is 23.9 Å². The maximum absolute atomic E-state index is 15.2. The van der Waals surface area contributed by atoms with E-state index in [-0.39, 0.29) is 28.1 Å². The number of anilines is 2. The summed E-state index contributed by atoms with van der Waals surface area (Å²) in [6.45, 7) is 16.9. The van der Waals surface area contributed by atoms with Crippen LogP contribution in [0, 0.1) is 40.4 Å². The van der Waals surface area contributed by atoms with E-state index >= 15 is 4.79 Å². The summed E-state index contributed by atoms with van der Waals surface area (Å²) in [4.78, 5) is 34.7. The van der Waals surface area contributed by atoms with Crippen LogP contribution >= 0.6 is 0 Å². The normalized spacial score (nSPS) is 32.1. The van der Waals surface area contributed by atoms with Gasteiger partial charge in [0.15, 0.2) is 0 Å². The molecule has 1 unspecified atom stereocenters. The molecule has 1 amide bonds. The van der Waals surface area contributed by atoms with Gasteiger partial charge in [0, 0.05) is 42.1 Å².